The van der Waals surface area contributed by atoms with Crippen LogP contribution in [0.5, 0.6) is 0 Å². The van der Waals surface area contributed by atoms with Gasteiger partial charge in [0, 0.05) is 12.0 Å². The van der Waals surface area contributed by atoms with Crippen LogP contribution in [0.3, 0.4) is 0 Å². The third-order valence-corrected chi connectivity index (χ3v) is 6.38. The van der Waals surface area contributed by atoms with Gasteiger partial charge < -0.3 is 14.7 Å². The van der Waals surface area contributed by atoms with Gasteiger partial charge in [-0.3, -0.25) is 14.9 Å². The lowest BCUT2D eigenvalue weighted by Gasteiger charge is -2.37. The molecule has 0 aliphatic heterocycles. The molecule has 0 heterocycles. The van der Waals surface area contributed by atoms with E-state index in [4.69, 9.17) is 9.84 Å². The normalized spacial score (nSPS) is 15.4. The predicted octanol–water partition coefficient (Wildman–Crippen LogP) is 4.56. The summed E-state index contributed by atoms with van der Waals surface area (Å²) >= 11 is 0. The zero-order valence-corrected chi connectivity index (χ0v) is 19.6. The molecule has 2 unspecified atom stereocenters. The third kappa shape index (κ3) is 5.11. The fourth-order valence-corrected chi connectivity index (χ4v) is 4.17. The maximum atomic E-state index is 14.1. The second-order valence-corrected chi connectivity index (χ2v) is 8.66. The average Bonchev–Trinajstić information content (AvgIpc) is 3.13. The minimum Gasteiger partial charge on any atom is -0.480 e. The Morgan fingerprint density at radius 3 is 2.03 bits per heavy atom. The standard InChI is InChI=1S/C25H27F3N2O5/c1-4-15(2)30(13-21(31)32)22(33)24(3,25(26,27)28)29-23(34)35-14-20-18-11-7-5-9-16(18)17-10-6-8-12-19(17)20/h5-12,15,20H,4,13-14H2,1-3H3,(H,29,34)(H,31,32). The van der Waals surface area contributed by atoms with Gasteiger partial charge in [0.15, 0.2) is 0 Å². The molecular weight excluding hydrogens is 465 g/mol. The van der Waals surface area contributed by atoms with Crippen molar-refractivity contribution in [3.8, 4) is 11.1 Å². The van der Waals surface area contributed by atoms with Gasteiger partial charge >= 0.3 is 18.2 Å². The lowest BCUT2D eigenvalue weighted by molar-refractivity contribution is -0.202. The van der Waals surface area contributed by atoms with E-state index < -0.39 is 42.3 Å². The number of hydrogen-bond donors (Lipinski definition) is 2. The van der Waals surface area contributed by atoms with Crippen molar-refractivity contribution in [1.82, 2.24) is 10.2 Å². The van der Waals surface area contributed by atoms with Crippen LogP contribution in [0.2, 0.25) is 0 Å². The molecule has 0 radical (unpaired) electrons. The van der Waals surface area contributed by atoms with Crippen molar-refractivity contribution >= 4 is 18.0 Å². The van der Waals surface area contributed by atoms with Crippen LogP contribution < -0.4 is 5.32 Å². The zero-order chi connectivity index (χ0) is 26.0. The number of benzene rings is 2. The van der Waals surface area contributed by atoms with Crippen LogP contribution in [0.1, 0.15) is 44.2 Å². The van der Waals surface area contributed by atoms with E-state index >= 15 is 0 Å². The lowest BCUT2D eigenvalue weighted by atomic mass is 9.97. The molecule has 2 aromatic carbocycles. The lowest BCUT2D eigenvalue weighted by Crippen LogP contribution is -2.67. The number of alkyl carbamates (subject to hydrolysis) is 1. The fraction of sp³-hybridized carbons (Fsp3) is 0.400. The smallest absolute Gasteiger partial charge is 0.420 e. The molecule has 0 aromatic heterocycles. The van der Waals surface area contributed by atoms with Gasteiger partial charge in [0.2, 0.25) is 5.54 Å². The molecule has 2 amide bonds. The molecule has 2 atom stereocenters. The fourth-order valence-electron chi connectivity index (χ4n) is 4.17. The van der Waals surface area contributed by atoms with Gasteiger partial charge in [0.05, 0.1) is 0 Å². The van der Waals surface area contributed by atoms with Gasteiger partial charge in [-0.05, 0) is 42.5 Å². The first-order valence-electron chi connectivity index (χ1n) is 11.1. The molecule has 7 nitrogen and oxygen atoms in total. The van der Waals surface area contributed by atoms with Crippen LogP contribution in [0.15, 0.2) is 48.5 Å². The number of fused-ring (bicyclic) bond motifs is 3. The summed E-state index contributed by atoms with van der Waals surface area (Å²) < 4.78 is 47.3. The SMILES string of the molecule is CCC(C)N(CC(=O)O)C(=O)C(C)(NC(=O)OCC1c2ccccc2-c2ccccc21)C(F)(F)F. The van der Waals surface area contributed by atoms with Crippen LogP contribution in [-0.4, -0.2) is 58.9 Å². The van der Waals surface area contributed by atoms with Gasteiger partial charge in [-0.15, -0.1) is 0 Å². The quantitative estimate of drug-likeness (QED) is 0.563. The number of nitrogens with one attached hydrogen (secondary N) is 1. The van der Waals surface area contributed by atoms with Crippen molar-refractivity contribution in [1.29, 1.82) is 0 Å². The monoisotopic (exact) mass is 492 g/mol. The molecule has 1 aliphatic rings. The number of aliphatic carboxylic acids is 1. The predicted molar refractivity (Wildman–Crippen MR) is 122 cm³/mol. The number of carbonyl (C=O) groups is 3. The number of carboxylic acids is 1. The molecule has 35 heavy (non-hydrogen) atoms. The van der Waals surface area contributed by atoms with Crippen molar-refractivity contribution < 1.29 is 37.4 Å². The first-order valence-corrected chi connectivity index (χ1v) is 11.1. The Morgan fingerprint density at radius 1 is 1.06 bits per heavy atom. The maximum absolute atomic E-state index is 14.1. The number of rotatable bonds is 8. The molecule has 1 aliphatic carbocycles. The van der Waals surface area contributed by atoms with Gasteiger partial charge in [-0.25, -0.2) is 4.79 Å². The van der Waals surface area contributed by atoms with E-state index in [0.717, 1.165) is 22.3 Å². The summed E-state index contributed by atoms with van der Waals surface area (Å²) in [5.74, 6) is -3.43. The summed E-state index contributed by atoms with van der Waals surface area (Å²) in [4.78, 5) is 37.3. The highest BCUT2D eigenvalue weighted by Gasteiger charge is 2.60. The van der Waals surface area contributed by atoms with Gasteiger partial charge in [0.1, 0.15) is 13.2 Å². The van der Waals surface area contributed by atoms with Crippen molar-refractivity contribution in [2.75, 3.05) is 13.2 Å². The van der Waals surface area contributed by atoms with Crippen LogP contribution >= 0.6 is 0 Å². The van der Waals surface area contributed by atoms with Gasteiger partial charge in [0.25, 0.3) is 5.91 Å². The summed E-state index contributed by atoms with van der Waals surface area (Å²) in [7, 11) is 0. The summed E-state index contributed by atoms with van der Waals surface area (Å²) in [6.45, 7) is 2.37. The number of carboxylic acid groups (broad SMARTS) is 1. The molecule has 0 saturated heterocycles. The van der Waals surface area contributed by atoms with Crippen molar-refractivity contribution in [3.05, 3.63) is 59.7 Å². The molecule has 10 heteroatoms. The molecule has 0 fully saturated rings. The van der Waals surface area contributed by atoms with Gasteiger partial charge in [-0.1, -0.05) is 55.5 Å². The minimum absolute atomic E-state index is 0.220. The number of nitrogens with zero attached hydrogens (tertiary/aromatic N) is 1. The number of amides is 2. The maximum Gasteiger partial charge on any atom is 0.420 e. The van der Waals surface area contributed by atoms with Crippen molar-refractivity contribution in [3.63, 3.8) is 0 Å². The molecule has 188 valence electrons. The van der Waals surface area contributed by atoms with Crippen molar-refractivity contribution in [2.45, 2.75) is 50.9 Å². The topological polar surface area (TPSA) is 95.9 Å². The largest absolute Gasteiger partial charge is 0.480 e. The number of alkyl halides is 3. The second kappa shape index (κ2) is 9.97. The average molecular weight is 492 g/mol. The minimum atomic E-state index is -5.21. The Balaban J connectivity index is 1.81. The molecular formula is C25H27F3N2O5. The molecule has 0 bridgehead atoms. The highest BCUT2D eigenvalue weighted by molar-refractivity contribution is 5.92. The Morgan fingerprint density at radius 2 is 1.57 bits per heavy atom. The van der Waals surface area contributed by atoms with E-state index in [1.54, 1.807) is 12.2 Å². The van der Waals surface area contributed by atoms with Crippen LogP contribution in [0, 0.1) is 0 Å². The van der Waals surface area contributed by atoms with Crippen molar-refractivity contribution in [2.24, 2.45) is 0 Å². The molecule has 3 rings (SSSR count). The Kier molecular flexibility index (Phi) is 7.42. The summed E-state index contributed by atoms with van der Waals surface area (Å²) in [6.07, 6.45) is -6.42. The number of halogens is 3. The van der Waals surface area contributed by atoms with E-state index in [1.165, 1.54) is 6.92 Å². The Hall–Kier alpha value is -3.56. The second-order valence-electron chi connectivity index (χ2n) is 8.66. The summed E-state index contributed by atoms with van der Waals surface area (Å²) in [6, 6.07) is 14.1. The summed E-state index contributed by atoms with van der Waals surface area (Å²) in [5, 5.41) is 10.8. The van der Waals surface area contributed by atoms with Crippen LogP contribution in [0.25, 0.3) is 11.1 Å². The van der Waals surface area contributed by atoms with Crippen LogP contribution in [-0.2, 0) is 14.3 Å². The number of hydrogen-bond acceptors (Lipinski definition) is 4. The van der Waals surface area contributed by atoms with Crippen LogP contribution in [0.4, 0.5) is 18.0 Å². The van der Waals surface area contributed by atoms with E-state index in [0.29, 0.717) is 11.8 Å². The zero-order valence-electron chi connectivity index (χ0n) is 19.6. The molecule has 0 spiro atoms. The number of carbonyl (C=O) groups excluding carboxylic acids is 2. The molecule has 0 saturated carbocycles. The first-order chi connectivity index (χ1) is 16.4. The molecule has 2 aromatic rings. The third-order valence-electron chi connectivity index (χ3n) is 6.38. The molecule has 2 N–H and O–H groups in total. The van der Waals surface area contributed by atoms with Gasteiger partial charge in [-0.2, -0.15) is 13.2 Å². The first kappa shape index (κ1) is 26.1. The Labute approximate surface area is 200 Å². The Bertz CT molecular complexity index is 1070. The van der Waals surface area contributed by atoms with E-state index in [9.17, 15) is 27.6 Å². The van der Waals surface area contributed by atoms with E-state index in [-0.39, 0.29) is 18.9 Å². The highest BCUT2D eigenvalue weighted by Crippen LogP contribution is 2.44. The summed E-state index contributed by atoms with van der Waals surface area (Å²) in [5.41, 5.74) is 0.269. The van der Waals surface area contributed by atoms with E-state index in [1.807, 2.05) is 48.5 Å². The van der Waals surface area contributed by atoms with E-state index in [2.05, 4.69) is 0 Å². The number of ether oxygens (including phenoxy) is 1. The highest BCUT2D eigenvalue weighted by atomic mass is 19.4.